The molecule has 0 N–H and O–H groups in total. The Hall–Kier alpha value is -1.96. The van der Waals surface area contributed by atoms with Gasteiger partial charge < -0.3 is 0 Å². The molecule has 15 heavy (non-hydrogen) atoms. The van der Waals surface area contributed by atoms with Crippen LogP contribution in [-0.4, -0.2) is 10.8 Å². The van der Waals surface area contributed by atoms with Gasteiger partial charge in [-0.05, 0) is 30.2 Å². The number of allylic oxidation sites excluding steroid dienone is 6. The first-order valence-corrected chi connectivity index (χ1v) is 4.84. The topological polar surface area (TPSA) is 30.0 Å². The minimum absolute atomic E-state index is 0.00380. The number of hydrogen-bond acceptors (Lipinski definition) is 2. The van der Waals surface area contributed by atoms with Crippen molar-refractivity contribution in [3.8, 4) is 0 Å². The van der Waals surface area contributed by atoms with Gasteiger partial charge in [0.05, 0.1) is 0 Å². The lowest BCUT2D eigenvalue weighted by molar-refractivity contribution is 0.104. The Balaban J connectivity index is 2.04. The van der Waals surface area contributed by atoms with E-state index in [-0.39, 0.29) is 5.78 Å². The molecule has 0 unspecified atom stereocenters. The van der Waals surface area contributed by atoms with E-state index >= 15 is 0 Å². The first-order chi connectivity index (χ1) is 7.36. The van der Waals surface area contributed by atoms with Crippen LogP contribution in [0.15, 0.2) is 60.5 Å². The molecule has 0 bridgehead atoms. The highest BCUT2D eigenvalue weighted by atomic mass is 16.1. The van der Waals surface area contributed by atoms with Crippen LogP contribution >= 0.6 is 0 Å². The first-order valence-electron chi connectivity index (χ1n) is 4.84. The van der Waals surface area contributed by atoms with Gasteiger partial charge in [0.25, 0.3) is 0 Å². The smallest absolute Gasteiger partial charge is 0.187 e. The van der Waals surface area contributed by atoms with Crippen molar-refractivity contribution in [1.82, 2.24) is 4.98 Å². The second-order valence-corrected chi connectivity index (χ2v) is 3.31. The molecule has 0 aromatic carbocycles. The van der Waals surface area contributed by atoms with Gasteiger partial charge in [0.2, 0.25) is 0 Å². The van der Waals surface area contributed by atoms with Crippen molar-refractivity contribution in [2.24, 2.45) is 0 Å². The Morgan fingerprint density at radius 2 is 2.40 bits per heavy atom. The highest BCUT2D eigenvalue weighted by Crippen LogP contribution is 2.11. The quantitative estimate of drug-likeness (QED) is 0.551. The fourth-order valence-corrected chi connectivity index (χ4v) is 1.37. The number of aromatic nitrogens is 1. The van der Waals surface area contributed by atoms with Gasteiger partial charge in [0.1, 0.15) is 0 Å². The normalized spacial score (nSPS) is 14.5. The SMILES string of the molecule is O=C(/C=C/C1=CC=CC1)c1cccnc1. The number of ketones is 1. The molecule has 1 aliphatic rings. The van der Waals surface area contributed by atoms with E-state index in [0.29, 0.717) is 5.56 Å². The zero-order valence-corrected chi connectivity index (χ0v) is 8.26. The summed E-state index contributed by atoms with van der Waals surface area (Å²) >= 11 is 0. The zero-order chi connectivity index (χ0) is 10.5. The number of hydrogen-bond donors (Lipinski definition) is 0. The van der Waals surface area contributed by atoms with Crippen LogP contribution in [0, 0.1) is 0 Å². The Morgan fingerprint density at radius 1 is 1.47 bits per heavy atom. The largest absolute Gasteiger partial charge is 0.289 e. The lowest BCUT2D eigenvalue weighted by Crippen LogP contribution is -1.94. The molecule has 0 atom stereocenters. The Kier molecular flexibility index (Phi) is 2.88. The molecule has 0 saturated heterocycles. The molecule has 1 aliphatic carbocycles. The minimum atomic E-state index is -0.00380. The number of carbonyl (C=O) groups is 1. The summed E-state index contributed by atoms with van der Waals surface area (Å²) in [6, 6.07) is 3.53. The summed E-state index contributed by atoms with van der Waals surface area (Å²) in [5.41, 5.74) is 1.78. The third kappa shape index (κ3) is 2.50. The average molecular weight is 197 g/mol. The van der Waals surface area contributed by atoms with Crippen molar-refractivity contribution in [2.75, 3.05) is 0 Å². The van der Waals surface area contributed by atoms with E-state index in [4.69, 9.17) is 0 Å². The van der Waals surface area contributed by atoms with Crippen molar-refractivity contribution in [2.45, 2.75) is 6.42 Å². The Bertz CT molecular complexity index is 441. The van der Waals surface area contributed by atoms with E-state index < -0.39 is 0 Å². The van der Waals surface area contributed by atoms with Crippen molar-refractivity contribution in [1.29, 1.82) is 0 Å². The van der Waals surface area contributed by atoms with Crippen LogP contribution in [0.25, 0.3) is 0 Å². The highest BCUT2D eigenvalue weighted by Gasteiger charge is 2.01. The second kappa shape index (κ2) is 4.51. The molecule has 0 saturated carbocycles. The van der Waals surface area contributed by atoms with Crippen molar-refractivity contribution < 1.29 is 4.79 Å². The molecule has 74 valence electrons. The summed E-state index contributed by atoms with van der Waals surface area (Å²) in [6.07, 6.45) is 13.7. The van der Waals surface area contributed by atoms with Crippen LogP contribution in [0.5, 0.6) is 0 Å². The third-order valence-electron chi connectivity index (χ3n) is 2.19. The molecular formula is C13H11NO. The molecule has 0 spiro atoms. The van der Waals surface area contributed by atoms with Gasteiger partial charge >= 0.3 is 0 Å². The van der Waals surface area contributed by atoms with Crippen molar-refractivity contribution in [3.63, 3.8) is 0 Å². The van der Waals surface area contributed by atoms with Crippen LogP contribution in [0.2, 0.25) is 0 Å². The van der Waals surface area contributed by atoms with Gasteiger partial charge in [0.15, 0.2) is 5.78 Å². The summed E-state index contributed by atoms with van der Waals surface area (Å²) in [5.74, 6) is -0.00380. The molecule has 0 aliphatic heterocycles. The van der Waals surface area contributed by atoms with Gasteiger partial charge in [-0.3, -0.25) is 9.78 Å². The van der Waals surface area contributed by atoms with Gasteiger partial charge in [-0.2, -0.15) is 0 Å². The number of rotatable bonds is 3. The fourth-order valence-electron chi connectivity index (χ4n) is 1.37. The van der Waals surface area contributed by atoms with Gasteiger partial charge in [-0.1, -0.05) is 24.3 Å². The fraction of sp³-hybridized carbons (Fsp3) is 0.0769. The summed E-state index contributed by atoms with van der Waals surface area (Å²) in [6.45, 7) is 0. The van der Waals surface area contributed by atoms with Crippen LogP contribution < -0.4 is 0 Å². The van der Waals surface area contributed by atoms with Crippen molar-refractivity contribution in [3.05, 3.63) is 66.0 Å². The van der Waals surface area contributed by atoms with Crippen molar-refractivity contribution >= 4 is 5.78 Å². The highest BCUT2D eigenvalue weighted by molar-refractivity contribution is 6.04. The van der Waals surface area contributed by atoms with Crippen LogP contribution in [0.4, 0.5) is 0 Å². The maximum atomic E-state index is 11.6. The summed E-state index contributed by atoms with van der Waals surface area (Å²) in [5, 5.41) is 0. The van der Waals surface area contributed by atoms with Gasteiger partial charge in [0, 0.05) is 18.0 Å². The summed E-state index contributed by atoms with van der Waals surface area (Å²) in [4.78, 5) is 15.5. The standard InChI is InChI=1S/C13H11NO/c15-13(12-6-3-9-14-10-12)8-7-11-4-1-2-5-11/h1-4,6-10H,5H2/b8-7+. The van der Waals surface area contributed by atoms with Crippen LogP contribution in [0.3, 0.4) is 0 Å². The van der Waals surface area contributed by atoms with E-state index in [9.17, 15) is 4.79 Å². The summed E-state index contributed by atoms with van der Waals surface area (Å²) < 4.78 is 0. The van der Waals surface area contributed by atoms with Gasteiger partial charge in [-0.25, -0.2) is 0 Å². The van der Waals surface area contributed by atoms with Crippen LogP contribution in [0.1, 0.15) is 16.8 Å². The Morgan fingerprint density at radius 3 is 3.07 bits per heavy atom. The van der Waals surface area contributed by atoms with E-state index in [0.717, 1.165) is 12.0 Å². The number of pyridine rings is 1. The molecule has 2 nitrogen and oxygen atoms in total. The molecule has 1 aromatic rings. The average Bonchev–Trinajstić information content (AvgIpc) is 2.80. The molecule has 0 amide bonds. The monoisotopic (exact) mass is 197 g/mol. The van der Waals surface area contributed by atoms with Gasteiger partial charge in [-0.15, -0.1) is 0 Å². The second-order valence-electron chi connectivity index (χ2n) is 3.31. The molecule has 2 rings (SSSR count). The number of carbonyl (C=O) groups excluding carboxylic acids is 1. The molecule has 0 fully saturated rings. The lowest BCUT2D eigenvalue weighted by Gasteiger charge is -1.94. The van der Waals surface area contributed by atoms with E-state index in [2.05, 4.69) is 11.1 Å². The maximum Gasteiger partial charge on any atom is 0.187 e. The summed E-state index contributed by atoms with van der Waals surface area (Å²) in [7, 11) is 0. The number of nitrogens with zero attached hydrogens (tertiary/aromatic N) is 1. The maximum absolute atomic E-state index is 11.6. The predicted octanol–water partition coefficient (Wildman–Crippen LogP) is 2.71. The predicted molar refractivity (Wildman–Crippen MR) is 59.5 cm³/mol. The lowest BCUT2D eigenvalue weighted by atomic mass is 10.1. The van der Waals surface area contributed by atoms with E-state index in [1.165, 1.54) is 0 Å². The molecule has 1 aromatic heterocycles. The Labute approximate surface area is 88.7 Å². The molecule has 2 heteroatoms. The molecule has 0 radical (unpaired) electrons. The first kappa shape index (κ1) is 9.59. The van der Waals surface area contributed by atoms with E-state index in [1.54, 1.807) is 30.6 Å². The molecule has 1 heterocycles. The third-order valence-corrected chi connectivity index (χ3v) is 2.19. The van der Waals surface area contributed by atoms with E-state index in [1.807, 2.05) is 18.2 Å². The minimum Gasteiger partial charge on any atom is -0.289 e. The molecular weight excluding hydrogens is 186 g/mol. The zero-order valence-electron chi connectivity index (χ0n) is 8.26. The van der Waals surface area contributed by atoms with Crippen LogP contribution in [-0.2, 0) is 0 Å².